The van der Waals surface area contributed by atoms with Crippen molar-refractivity contribution in [2.24, 2.45) is 0 Å². The SMILES string of the molecule is CCCn1cnnc1Cc1c(F)cccc1F. The average Bonchev–Trinajstić information content (AvgIpc) is 2.72. The Morgan fingerprint density at radius 3 is 2.59 bits per heavy atom. The van der Waals surface area contributed by atoms with E-state index in [2.05, 4.69) is 10.2 Å². The zero-order valence-electron chi connectivity index (χ0n) is 9.53. The molecule has 0 spiro atoms. The lowest BCUT2D eigenvalue weighted by Crippen LogP contribution is -2.06. The van der Waals surface area contributed by atoms with E-state index < -0.39 is 11.6 Å². The molecule has 1 heterocycles. The van der Waals surface area contributed by atoms with Crippen LogP contribution in [-0.4, -0.2) is 14.8 Å². The van der Waals surface area contributed by atoms with Gasteiger partial charge in [-0.05, 0) is 18.6 Å². The summed E-state index contributed by atoms with van der Waals surface area (Å²) in [7, 11) is 0. The van der Waals surface area contributed by atoms with Gasteiger partial charge in [-0.2, -0.15) is 0 Å². The third kappa shape index (κ3) is 2.49. The largest absolute Gasteiger partial charge is 0.317 e. The van der Waals surface area contributed by atoms with E-state index in [-0.39, 0.29) is 12.0 Å². The second-order valence-corrected chi connectivity index (χ2v) is 3.82. The smallest absolute Gasteiger partial charge is 0.137 e. The molecule has 0 saturated carbocycles. The fourth-order valence-corrected chi connectivity index (χ4v) is 1.70. The molecule has 0 atom stereocenters. The molecular weight excluding hydrogens is 224 g/mol. The summed E-state index contributed by atoms with van der Waals surface area (Å²) < 4.78 is 28.7. The lowest BCUT2D eigenvalue weighted by Gasteiger charge is -2.06. The molecule has 2 rings (SSSR count). The van der Waals surface area contributed by atoms with Crippen LogP contribution < -0.4 is 0 Å². The molecule has 17 heavy (non-hydrogen) atoms. The van der Waals surface area contributed by atoms with Crippen molar-refractivity contribution < 1.29 is 8.78 Å². The Morgan fingerprint density at radius 1 is 1.24 bits per heavy atom. The highest BCUT2D eigenvalue weighted by molar-refractivity contribution is 5.23. The summed E-state index contributed by atoms with van der Waals surface area (Å²) in [6.07, 6.45) is 2.63. The molecule has 0 N–H and O–H groups in total. The monoisotopic (exact) mass is 237 g/mol. The third-order valence-electron chi connectivity index (χ3n) is 2.56. The lowest BCUT2D eigenvalue weighted by atomic mass is 10.1. The van der Waals surface area contributed by atoms with E-state index >= 15 is 0 Å². The second-order valence-electron chi connectivity index (χ2n) is 3.82. The van der Waals surface area contributed by atoms with Crippen molar-refractivity contribution in [2.75, 3.05) is 0 Å². The van der Waals surface area contributed by atoms with Gasteiger partial charge in [0.05, 0.1) is 0 Å². The van der Waals surface area contributed by atoms with Gasteiger partial charge in [-0.25, -0.2) is 8.78 Å². The van der Waals surface area contributed by atoms with E-state index in [1.54, 1.807) is 6.33 Å². The summed E-state index contributed by atoms with van der Waals surface area (Å²) in [5.41, 5.74) is 0.0397. The van der Waals surface area contributed by atoms with Crippen LogP contribution in [0.25, 0.3) is 0 Å². The van der Waals surface area contributed by atoms with Gasteiger partial charge in [0.2, 0.25) is 0 Å². The van der Waals surface area contributed by atoms with E-state index in [1.165, 1.54) is 18.2 Å². The minimum Gasteiger partial charge on any atom is -0.317 e. The molecule has 1 aromatic carbocycles. The molecule has 0 fully saturated rings. The fourth-order valence-electron chi connectivity index (χ4n) is 1.70. The first-order valence-corrected chi connectivity index (χ1v) is 5.52. The number of aromatic nitrogens is 3. The minimum absolute atomic E-state index is 0.0397. The van der Waals surface area contributed by atoms with Crippen LogP contribution in [-0.2, 0) is 13.0 Å². The van der Waals surface area contributed by atoms with E-state index in [9.17, 15) is 8.78 Å². The molecule has 0 aliphatic carbocycles. The highest BCUT2D eigenvalue weighted by Crippen LogP contribution is 2.15. The summed E-state index contributed by atoms with van der Waals surface area (Å²) in [4.78, 5) is 0. The Bertz CT molecular complexity index is 488. The number of hydrogen-bond donors (Lipinski definition) is 0. The average molecular weight is 237 g/mol. The van der Waals surface area contributed by atoms with Crippen LogP contribution in [0.2, 0.25) is 0 Å². The van der Waals surface area contributed by atoms with Crippen LogP contribution in [0.1, 0.15) is 24.7 Å². The van der Waals surface area contributed by atoms with E-state index in [0.717, 1.165) is 13.0 Å². The number of rotatable bonds is 4. The van der Waals surface area contributed by atoms with Crippen molar-refractivity contribution in [3.05, 3.63) is 47.5 Å². The molecule has 90 valence electrons. The highest BCUT2D eigenvalue weighted by Gasteiger charge is 2.12. The molecule has 0 bridgehead atoms. The zero-order valence-corrected chi connectivity index (χ0v) is 9.53. The predicted molar refractivity (Wildman–Crippen MR) is 59.5 cm³/mol. The predicted octanol–water partition coefficient (Wildman–Crippen LogP) is 2.56. The molecule has 0 unspecified atom stereocenters. The molecule has 2 aromatic rings. The Hall–Kier alpha value is -1.78. The molecule has 5 heteroatoms. The maximum absolute atomic E-state index is 13.5. The van der Waals surface area contributed by atoms with Gasteiger partial charge < -0.3 is 4.57 Å². The molecule has 0 radical (unpaired) electrons. The summed E-state index contributed by atoms with van der Waals surface area (Å²) >= 11 is 0. The van der Waals surface area contributed by atoms with Gasteiger partial charge in [-0.15, -0.1) is 10.2 Å². The molecule has 0 saturated heterocycles. The standard InChI is InChI=1S/C12H13F2N3/c1-2-6-17-8-15-16-12(17)7-9-10(13)4-3-5-11(9)14/h3-5,8H,2,6-7H2,1H3. The van der Waals surface area contributed by atoms with Crippen LogP contribution in [0.5, 0.6) is 0 Å². The summed E-state index contributed by atoms with van der Waals surface area (Å²) in [5, 5.41) is 7.66. The quantitative estimate of drug-likeness (QED) is 0.818. The van der Waals surface area contributed by atoms with Crippen molar-refractivity contribution in [2.45, 2.75) is 26.3 Å². The normalized spacial score (nSPS) is 10.8. The number of nitrogens with zero attached hydrogens (tertiary/aromatic N) is 3. The number of halogens is 2. The van der Waals surface area contributed by atoms with Gasteiger partial charge in [-0.3, -0.25) is 0 Å². The molecule has 1 aromatic heterocycles. The molecule has 0 aliphatic heterocycles. The number of hydrogen-bond acceptors (Lipinski definition) is 2. The Balaban J connectivity index is 2.28. The number of benzene rings is 1. The summed E-state index contributed by atoms with van der Waals surface area (Å²) in [5.74, 6) is -0.511. The van der Waals surface area contributed by atoms with Crippen LogP contribution in [0.3, 0.4) is 0 Å². The first-order valence-electron chi connectivity index (χ1n) is 5.52. The first-order chi connectivity index (χ1) is 8.22. The zero-order chi connectivity index (χ0) is 12.3. The van der Waals surface area contributed by atoms with Gasteiger partial charge in [0.1, 0.15) is 23.8 Å². The number of aryl methyl sites for hydroxylation is 1. The molecule has 0 aliphatic rings. The molecule has 3 nitrogen and oxygen atoms in total. The maximum Gasteiger partial charge on any atom is 0.137 e. The van der Waals surface area contributed by atoms with Crippen LogP contribution >= 0.6 is 0 Å². The van der Waals surface area contributed by atoms with Crippen molar-refractivity contribution in [3.63, 3.8) is 0 Å². The van der Waals surface area contributed by atoms with Crippen molar-refractivity contribution in [1.82, 2.24) is 14.8 Å². The van der Waals surface area contributed by atoms with Gasteiger partial charge >= 0.3 is 0 Å². The molecular formula is C12H13F2N3. The highest BCUT2D eigenvalue weighted by atomic mass is 19.1. The van der Waals surface area contributed by atoms with Crippen LogP contribution in [0.4, 0.5) is 8.78 Å². The van der Waals surface area contributed by atoms with E-state index in [4.69, 9.17) is 0 Å². The molecule has 0 amide bonds. The van der Waals surface area contributed by atoms with Gasteiger partial charge in [0.15, 0.2) is 0 Å². The van der Waals surface area contributed by atoms with Crippen molar-refractivity contribution in [3.8, 4) is 0 Å². The fraction of sp³-hybridized carbons (Fsp3) is 0.333. The Kier molecular flexibility index (Phi) is 3.46. The Morgan fingerprint density at radius 2 is 1.94 bits per heavy atom. The van der Waals surface area contributed by atoms with Crippen molar-refractivity contribution in [1.29, 1.82) is 0 Å². The summed E-state index contributed by atoms with van der Waals surface area (Å²) in [6, 6.07) is 3.85. The van der Waals surface area contributed by atoms with Crippen molar-refractivity contribution >= 4 is 0 Å². The van der Waals surface area contributed by atoms with Gasteiger partial charge in [-0.1, -0.05) is 13.0 Å². The maximum atomic E-state index is 13.5. The Labute approximate surface area is 98.1 Å². The lowest BCUT2D eigenvalue weighted by molar-refractivity contribution is 0.553. The van der Waals surface area contributed by atoms with E-state index in [1.807, 2.05) is 11.5 Å². The first kappa shape index (κ1) is 11.7. The van der Waals surface area contributed by atoms with Gasteiger partial charge in [0, 0.05) is 18.5 Å². The minimum atomic E-state index is -0.545. The van der Waals surface area contributed by atoms with Crippen LogP contribution in [0, 0.1) is 11.6 Å². The van der Waals surface area contributed by atoms with Crippen LogP contribution in [0.15, 0.2) is 24.5 Å². The summed E-state index contributed by atoms with van der Waals surface area (Å²) in [6.45, 7) is 2.77. The van der Waals surface area contributed by atoms with Gasteiger partial charge in [0.25, 0.3) is 0 Å². The third-order valence-corrected chi connectivity index (χ3v) is 2.56. The topological polar surface area (TPSA) is 30.7 Å². The second kappa shape index (κ2) is 5.03. The van der Waals surface area contributed by atoms with E-state index in [0.29, 0.717) is 5.82 Å².